The average Bonchev–Trinajstić information content (AvgIpc) is 2.88. The van der Waals surface area contributed by atoms with Crippen LogP contribution in [0.3, 0.4) is 0 Å². The first-order valence-electron chi connectivity index (χ1n) is 7.86. The number of fused-ring (bicyclic) bond motifs is 1. The second-order valence-electron chi connectivity index (χ2n) is 6.29. The van der Waals surface area contributed by atoms with Crippen LogP contribution < -0.4 is 5.32 Å². The summed E-state index contributed by atoms with van der Waals surface area (Å²) in [6.45, 7) is 8.59. The fourth-order valence-corrected chi connectivity index (χ4v) is 3.09. The summed E-state index contributed by atoms with van der Waals surface area (Å²) in [5, 5.41) is 12.4. The van der Waals surface area contributed by atoms with Crippen LogP contribution in [0.15, 0.2) is 24.3 Å². The molecule has 1 unspecified atom stereocenters. The zero-order valence-corrected chi connectivity index (χ0v) is 13.1. The van der Waals surface area contributed by atoms with Crippen molar-refractivity contribution in [3.63, 3.8) is 0 Å². The Balaban J connectivity index is 1.75. The minimum atomic E-state index is 0.332. The molecular formula is C17H24N4. The molecule has 1 aliphatic heterocycles. The van der Waals surface area contributed by atoms with Crippen LogP contribution in [-0.4, -0.2) is 21.3 Å². The molecule has 2 aromatic rings. The highest BCUT2D eigenvalue weighted by Crippen LogP contribution is 2.24. The van der Waals surface area contributed by atoms with Gasteiger partial charge >= 0.3 is 0 Å². The molecule has 21 heavy (non-hydrogen) atoms. The first kappa shape index (κ1) is 14.3. The predicted molar refractivity (Wildman–Crippen MR) is 84.2 cm³/mol. The van der Waals surface area contributed by atoms with E-state index in [4.69, 9.17) is 0 Å². The van der Waals surface area contributed by atoms with Crippen molar-refractivity contribution in [2.45, 2.75) is 46.2 Å². The third-order valence-electron chi connectivity index (χ3n) is 4.22. The van der Waals surface area contributed by atoms with Crippen molar-refractivity contribution in [1.82, 2.24) is 20.1 Å². The fraction of sp³-hybridized carbons (Fsp3) is 0.529. The van der Waals surface area contributed by atoms with E-state index in [1.807, 2.05) is 0 Å². The maximum absolute atomic E-state index is 4.44. The molecule has 0 spiro atoms. The Morgan fingerprint density at radius 3 is 2.90 bits per heavy atom. The highest BCUT2D eigenvalue weighted by Gasteiger charge is 2.26. The van der Waals surface area contributed by atoms with E-state index in [0.29, 0.717) is 12.0 Å². The lowest BCUT2D eigenvalue weighted by atomic mass is 10.0. The summed E-state index contributed by atoms with van der Waals surface area (Å²) in [4.78, 5) is 0. The van der Waals surface area contributed by atoms with Crippen LogP contribution in [0, 0.1) is 12.8 Å². The zero-order chi connectivity index (χ0) is 14.8. The molecular weight excluding hydrogens is 260 g/mol. The van der Waals surface area contributed by atoms with Crippen molar-refractivity contribution >= 4 is 0 Å². The Labute approximate surface area is 126 Å². The molecule has 1 aliphatic rings. The van der Waals surface area contributed by atoms with Gasteiger partial charge in [-0.15, -0.1) is 10.2 Å². The van der Waals surface area contributed by atoms with Crippen LogP contribution in [0.25, 0.3) is 0 Å². The lowest BCUT2D eigenvalue weighted by Crippen LogP contribution is -2.37. The van der Waals surface area contributed by atoms with Crippen molar-refractivity contribution in [3.05, 3.63) is 47.0 Å². The van der Waals surface area contributed by atoms with Crippen molar-refractivity contribution in [2.75, 3.05) is 6.54 Å². The van der Waals surface area contributed by atoms with Crippen LogP contribution >= 0.6 is 0 Å². The molecule has 0 fully saturated rings. The number of nitrogens with one attached hydrogen (secondary N) is 1. The zero-order valence-electron chi connectivity index (χ0n) is 13.1. The topological polar surface area (TPSA) is 42.7 Å². The van der Waals surface area contributed by atoms with E-state index in [-0.39, 0.29) is 0 Å². The summed E-state index contributed by atoms with van der Waals surface area (Å²) in [5.74, 6) is 2.77. The van der Waals surface area contributed by atoms with E-state index in [1.54, 1.807) is 0 Å². The molecule has 2 heterocycles. The minimum absolute atomic E-state index is 0.332. The van der Waals surface area contributed by atoms with Gasteiger partial charge in [-0.1, -0.05) is 43.7 Å². The second-order valence-corrected chi connectivity index (χ2v) is 6.29. The van der Waals surface area contributed by atoms with E-state index in [0.717, 1.165) is 37.6 Å². The average molecular weight is 284 g/mol. The van der Waals surface area contributed by atoms with Crippen molar-refractivity contribution in [3.8, 4) is 0 Å². The van der Waals surface area contributed by atoms with E-state index in [9.17, 15) is 0 Å². The summed E-state index contributed by atoms with van der Waals surface area (Å²) in [5.41, 5.74) is 2.70. The molecule has 0 radical (unpaired) electrons. The molecule has 1 aromatic heterocycles. The van der Waals surface area contributed by atoms with Crippen molar-refractivity contribution in [1.29, 1.82) is 0 Å². The molecule has 4 heteroatoms. The van der Waals surface area contributed by atoms with Gasteiger partial charge in [0.05, 0.1) is 6.04 Å². The minimum Gasteiger partial charge on any atom is -0.312 e. The molecule has 4 nitrogen and oxygen atoms in total. The van der Waals surface area contributed by atoms with Gasteiger partial charge in [0.1, 0.15) is 5.82 Å². The Kier molecular flexibility index (Phi) is 4.06. The highest BCUT2D eigenvalue weighted by atomic mass is 15.3. The lowest BCUT2D eigenvalue weighted by molar-refractivity contribution is 0.335. The van der Waals surface area contributed by atoms with Gasteiger partial charge in [-0.2, -0.15) is 0 Å². The molecule has 0 saturated carbocycles. The Morgan fingerprint density at radius 1 is 1.29 bits per heavy atom. The number of nitrogens with zero attached hydrogens (tertiary/aromatic N) is 3. The Morgan fingerprint density at radius 2 is 2.14 bits per heavy atom. The van der Waals surface area contributed by atoms with E-state index in [1.165, 1.54) is 11.1 Å². The summed E-state index contributed by atoms with van der Waals surface area (Å²) >= 11 is 0. The smallest absolute Gasteiger partial charge is 0.150 e. The summed E-state index contributed by atoms with van der Waals surface area (Å²) in [6, 6.07) is 9.05. The van der Waals surface area contributed by atoms with Crippen LogP contribution in [0.2, 0.25) is 0 Å². The number of rotatable bonds is 4. The maximum Gasteiger partial charge on any atom is 0.150 e. The van der Waals surface area contributed by atoms with Gasteiger partial charge in [-0.05, 0) is 24.8 Å². The monoisotopic (exact) mass is 284 g/mol. The van der Waals surface area contributed by atoms with Gasteiger partial charge in [-0.3, -0.25) is 0 Å². The largest absolute Gasteiger partial charge is 0.312 e. The summed E-state index contributed by atoms with van der Waals surface area (Å²) < 4.78 is 2.32. The summed E-state index contributed by atoms with van der Waals surface area (Å²) in [7, 11) is 0. The SMILES string of the molecule is Cc1cccc(CCc2nnc3n2CCNC3C(C)C)c1. The van der Waals surface area contributed by atoms with E-state index < -0.39 is 0 Å². The van der Waals surface area contributed by atoms with Gasteiger partial charge in [-0.25, -0.2) is 0 Å². The standard InChI is InChI=1S/C17H24N4/c1-12(2)16-17-20-19-15(21(17)10-9-18-16)8-7-14-6-4-5-13(3)11-14/h4-6,11-12,16,18H,7-10H2,1-3H3. The van der Waals surface area contributed by atoms with Crippen molar-refractivity contribution in [2.24, 2.45) is 5.92 Å². The molecule has 0 amide bonds. The summed E-state index contributed by atoms with van der Waals surface area (Å²) in [6.07, 6.45) is 1.99. The molecule has 1 aromatic carbocycles. The molecule has 3 rings (SSSR count). The second kappa shape index (κ2) is 5.98. The predicted octanol–water partition coefficient (Wildman–Crippen LogP) is 2.67. The van der Waals surface area contributed by atoms with E-state index in [2.05, 4.69) is 65.1 Å². The van der Waals surface area contributed by atoms with Crippen molar-refractivity contribution < 1.29 is 0 Å². The van der Waals surface area contributed by atoms with Gasteiger partial charge in [0.15, 0.2) is 5.82 Å². The van der Waals surface area contributed by atoms with Gasteiger partial charge in [0, 0.05) is 19.5 Å². The van der Waals surface area contributed by atoms with Crippen LogP contribution in [0.1, 0.15) is 42.7 Å². The maximum atomic E-state index is 4.44. The number of benzene rings is 1. The van der Waals surface area contributed by atoms with Gasteiger partial charge < -0.3 is 9.88 Å². The van der Waals surface area contributed by atoms with Gasteiger partial charge in [0.25, 0.3) is 0 Å². The molecule has 0 bridgehead atoms. The number of hydrogen-bond donors (Lipinski definition) is 1. The third-order valence-corrected chi connectivity index (χ3v) is 4.22. The van der Waals surface area contributed by atoms with E-state index >= 15 is 0 Å². The van der Waals surface area contributed by atoms with Crippen LogP contribution in [0.5, 0.6) is 0 Å². The quantitative estimate of drug-likeness (QED) is 0.938. The number of hydrogen-bond acceptors (Lipinski definition) is 3. The first-order chi connectivity index (χ1) is 10.1. The molecule has 0 saturated heterocycles. The normalized spacial score (nSPS) is 18.0. The number of aromatic nitrogens is 3. The molecule has 1 N–H and O–H groups in total. The Bertz CT molecular complexity index is 615. The number of aryl methyl sites for hydroxylation is 3. The molecule has 0 aliphatic carbocycles. The molecule has 112 valence electrons. The lowest BCUT2D eigenvalue weighted by Gasteiger charge is -2.27. The third kappa shape index (κ3) is 3.00. The van der Waals surface area contributed by atoms with Gasteiger partial charge in [0.2, 0.25) is 0 Å². The van der Waals surface area contributed by atoms with Crippen LogP contribution in [-0.2, 0) is 19.4 Å². The Hall–Kier alpha value is -1.68. The first-order valence-corrected chi connectivity index (χ1v) is 7.86. The highest BCUT2D eigenvalue weighted by molar-refractivity contribution is 5.22. The molecule has 1 atom stereocenters. The van der Waals surface area contributed by atoms with Crippen LogP contribution in [0.4, 0.5) is 0 Å². The fourth-order valence-electron chi connectivity index (χ4n) is 3.09.